The molecule has 1 N–H and O–H groups in total. The van der Waals surface area contributed by atoms with Gasteiger partial charge in [0.1, 0.15) is 6.04 Å². The van der Waals surface area contributed by atoms with Crippen LogP contribution in [-0.2, 0) is 22.6 Å². The molecule has 37 heavy (non-hydrogen) atoms. The molecule has 0 amide bonds. The number of hydrogen-bond acceptors (Lipinski definition) is 8. The summed E-state index contributed by atoms with van der Waals surface area (Å²) < 4.78 is 13.8. The van der Waals surface area contributed by atoms with Gasteiger partial charge in [0.25, 0.3) is 5.56 Å². The Kier molecular flexibility index (Phi) is 7.14. The number of H-pyrrole nitrogens is 1. The smallest absolute Gasteiger partial charge is 0.253 e. The number of aromatic amines is 1. The molecule has 0 spiro atoms. The Hall–Kier alpha value is -2.92. The molecule has 2 aliphatic rings. The highest BCUT2D eigenvalue weighted by Crippen LogP contribution is 2.31. The van der Waals surface area contributed by atoms with Crippen molar-refractivity contribution in [2.24, 2.45) is 0 Å². The SMILES string of the molecule is Cc1ccc2[nH]c(=O)c([C@H](c3nnnn3C[C@@H]3CCCO3)N(Cc3cccs3)C[C@@H]3CCCO3)cc2c1. The molecule has 2 fully saturated rings. The number of rotatable bonds is 9. The van der Waals surface area contributed by atoms with Gasteiger partial charge in [0.05, 0.1) is 18.8 Å². The third-order valence-electron chi connectivity index (χ3n) is 7.29. The lowest BCUT2D eigenvalue weighted by atomic mass is 10.0. The number of nitrogens with zero attached hydrogens (tertiary/aromatic N) is 5. The normalized spacial score (nSPS) is 20.8. The number of pyridine rings is 1. The molecule has 9 nitrogen and oxygen atoms in total. The molecule has 0 unspecified atom stereocenters. The van der Waals surface area contributed by atoms with E-state index in [9.17, 15) is 4.79 Å². The second-order valence-corrected chi connectivity index (χ2v) is 11.1. The van der Waals surface area contributed by atoms with Crippen molar-refractivity contribution in [2.45, 2.75) is 63.9 Å². The largest absolute Gasteiger partial charge is 0.377 e. The van der Waals surface area contributed by atoms with Gasteiger partial charge in [0.15, 0.2) is 5.82 Å². The van der Waals surface area contributed by atoms with Crippen LogP contribution in [0.5, 0.6) is 0 Å². The average molecular weight is 521 g/mol. The fourth-order valence-electron chi connectivity index (χ4n) is 5.48. The van der Waals surface area contributed by atoms with Crippen molar-refractivity contribution in [3.8, 4) is 0 Å². The van der Waals surface area contributed by atoms with E-state index in [0.29, 0.717) is 31.0 Å². The molecule has 1 aromatic carbocycles. The summed E-state index contributed by atoms with van der Waals surface area (Å²) in [5, 5.41) is 16.0. The topological polar surface area (TPSA) is 98.2 Å². The van der Waals surface area contributed by atoms with Crippen LogP contribution in [0.15, 0.2) is 46.6 Å². The zero-order valence-corrected chi connectivity index (χ0v) is 21.8. The van der Waals surface area contributed by atoms with Gasteiger partial charge in [0.2, 0.25) is 0 Å². The Bertz CT molecular complexity index is 1390. The minimum absolute atomic E-state index is 0.0735. The molecule has 4 aromatic rings. The van der Waals surface area contributed by atoms with E-state index in [0.717, 1.165) is 55.4 Å². The van der Waals surface area contributed by atoms with Crippen LogP contribution in [-0.4, -0.2) is 62.1 Å². The van der Waals surface area contributed by atoms with Gasteiger partial charge in [-0.05, 0) is 78.1 Å². The van der Waals surface area contributed by atoms with E-state index >= 15 is 0 Å². The van der Waals surface area contributed by atoms with E-state index < -0.39 is 6.04 Å². The quantitative estimate of drug-likeness (QED) is 0.358. The number of thiophene rings is 1. The Balaban J connectivity index is 1.47. The van der Waals surface area contributed by atoms with Crippen LogP contribution < -0.4 is 5.56 Å². The Labute approximate surface area is 219 Å². The minimum atomic E-state index is -0.448. The monoisotopic (exact) mass is 520 g/mol. The lowest BCUT2D eigenvalue weighted by molar-refractivity contribution is 0.0559. The second-order valence-electron chi connectivity index (χ2n) is 10.0. The lowest BCUT2D eigenvalue weighted by Gasteiger charge is -2.32. The number of benzene rings is 1. The van der Waals surface area contributed by atoms with Crippen LogP contribution in [0.4, 0.5) is 0 Å². The number of hydrogen-bond donors (Lipinski definition) is 1. The van der Waals surface area contributed by atoms with Crippen LogP contribution in [0.2, 0.25) is 0 Å². The minimum Gasteiger partial charge on any atom is -0.377 e. The fraction of sp³-hybridized carbons (Fsp3) is 0.481. The molecule has 3 atom stereocenters. The van der Waals surface area contributed by atoms with Crippen molar-refractivity contribution in [1.29, 1.82) is 0 Å². The first kappa shape index (κ1) is 24.4. The van der Waals surface area contributed by atoms with Crippen molar-refractivity contribution in [3.05, 3.63) is 74.0 Å². The molecular formula is C27H32N6O3S. The first-order valence-corrected chi connectivity index (χ1v) is 13.9. The number of fused-ring (bicyclic) bond motifs is 1. The molecule has 0 bridgehead atoms. The average Bonchev–Trinajstić information content (AvgIpc) is 3.70. The summed E-state index contributed by atoms with van der Waals surface area (Å²) in [7, 11) is 0. The number of aryl methyl sites for hydroxylation is 1. The summed E-state index contributed by atoms with van der Waals surface area (Å²) in [6, 6.07) is 11.8. The Morgan fingerprint density at radius 1 is 1.16 bits per heavy atom. The fourth-order valence-corrected chi connectivity index (χ4v) is 6.21. The maximum Gasteiger partial charge on any atom is 0.253 e. The summed E-state index contributed by atoms with van der Waals surface area (Å²) >= 11 is 1.71. The molecule has 3 aromatic heterocycles. The van der Waals surface area contributed by atoms with Gasteiger partial charge >= 0.3 is 0 Å². The van der Waals surface area contributed by atoms with Crippen molar-refractivity contribution < 1.29 is 9.47 Å². The summed E-state index contributed by atoms with van der Waals surface area (Å²) in [6.07, 6.45) is 4.25. The third kappa shape index (κ3) is 5.38. The Morgan fingerprint density at radius 3 is 2.76 bits per heavy atom. The molecule has 194 valence electrons. The van der Waals surface area contributed by atoms with Gasteiger partial charge in [-0.3, -0.25) is 9.69 Å². The molecule has 2 aliphatic heterocycles. The summed E-state index contributed by atoms with van der Waals surface area (Å²) in [4.78, 5) is 20.3. The van der Waals surface area contributed by atoms with Gasteiger partial charge in [-0.2, -0.15) is 0 Å². The van der Waals surface area contributed by atoms with Crippen LogP contribution in [0.3, 0.4) is 0 Å². The second kappa shape index (κ2) is 10.8. The number of aromatic nitrogens is 5. The van der Waals surface area contributed by atoms with E-state index in [-0.39, 0.29) is 17.8 Å². The number of ether oxygens (including phenoxy) is 2. The molecule has 0 aliphatic carbocycles. The highest BCUT2D eigenvalue weighted by Gasteiger charge is 2.34. The van der Waals surface area contributed by atoms with Gasteiger partial charge in [-0.25, -0.2) is 4.68 Å². The van der Waals surface area contributed by atoms with Crippen molar-refractivity contribution in [2.75, 3.05) is 19.8 Å². The highest BCUT2D eigenvalue weighted by molar-refractivity contribution is 7.09. The maximum absolute atomic E-state index is 13.6. The predicted molar refractivity (Wildman–Crippen MR) is 142 cm³/mol. The van der Waals surface area contributed by atoms with Crippen LogP contribution in [0.25, 0.3) is 10.9 Å². The van der Waals surface area contributed by atoms with Crippen LogP contribution in [0.1, 0.15) is 53.6 Å². The zero-order chi connectivity index (χ0) is 25.2. The van der Waals surface area contributed by atoms with E-state index in [1.165, 1.54) is 4.88 Å². The van der Waals surface area contributed by atoms with Crippen molar-refractivity contribution >= 4 is 22.2 Å². The molecule has 6 rings (SSSR count). The highest BCUT2D eigenvalue weighted by atomic mass is 32.1. The lowest BCUT2D eigenvalue weighted by Crippen LogP contribution is -2.39. The first-order chi connectivity index (χ1) is 18.1. The van der Waals surface area contributed by atoms with Crippen LogP contribution in [0, 0.1) is 6.92 Å². The molecule has 0 saturated carbocycles. The predicted octanol–water partition coefficient (Wildman–Crippen LogP) is 3.83. The van der Waals surface area contributed by atoms with E-state index in [1.807, 2.05) is 22.9 Å². The standard InChI is InChI=1S/C27H32N6O3S/c1-18-8-9-24-19(13-18)14-23(27(34)28-24)25(26-29-30-31-33(26)16-21-6-3-11-36-21)32(15-20-5-2-10-35-20)17-22-7-4-12-37-22/h4,7-9,12-14,20-21,25H,2-3,5-6,10-11,15-17H2,1H3,(H,28,34)/t20-,21-,25+/m0/s1. The van der Waals surface area contributed by atoms with E-state index in [2.05, 4.69) is 55.9 Å². The molecule has 0 radical (unpaired) electrons. The summed E-state index contributed by atoms with van der Waals surface area (Å²) in [6.45, 7) is 5.51. The van der Waals surface area contributed by atoms with Crippen molar-refractivity contribution in [3.63, 3.8) is 0 Å². The number of nitrogens with one attached hydrogen (secondary N) is 1. The summed E-state index contributed by atoms with van der Waals surface area (Å²) in [5.74, 6) is 0.655. The van der Waals surface area contributed by atoms with Gasteiger partial charge in [-0.1, -0.05) is 17.7 Å². The van der Waals surface area contributed by atoms with Crippen molar-refractivity contribution in [1.82, 2.24) is 30.1 Å². The zero-order valence-electron chi connectivity index (χ0n) is 21.0. The van der Waals surface area contributed by atoms with E-state index in [4.69, 9.17) is 9.47 Å². The Morgan fingerprint density at radius 2 is 2.00 bits per heavy atom. The molecular weight excluding hydrogens is 488 g/mol. The van der Waals surface area contributed by atoms with Crippen LogP contribution >= 0.6 is 11.3 Å². The maximum atomic E-state index is 13.6. The molecule has 5 heterocycles. The van der Waals surface area contributed by atoms with E-state index in [1.54, 1.807) is 11.3 Å². The van der Waals surface area contributed by atoms with Gasteiger partial charge in [-0.15, -0.1) is 16.4 Å². The summed E-state index contributed by atoms with van der Waals surface area (Å²) in [5.41, 5.74) is 2.47. The number of tetrazole rings is 1. The molecule has 10 heteroatoms. The third-order valence-corrected chi connectivity index (χ3v) is 8.16. The molecule has 2 saturated heterocycles. The van der Waals surface area contributed by atoms with Gasteiger partial charge < -0.3 is 14.5 Å². The first-order valence-electron chi connectivity index (χ1n) is 13.0. The van der Waals surface area contributed by atoms with Gasteiger partial charge in [0, 0.05) is 42.3 Å².